The molecule has 14 nitrogen and oxygen atoms in total. The van der Waals surface area contributed by atoms with Gasteiger partial charge in [0, 0.05) is 23.1 Å². The Balaban J connectivity index is 1.19. The Bertz CT molecular complexity index is 1880. The summed E-state index contributed by atoms with van der Waals surface area (Å²) in [7, 11) is -3.90. The predicted molar refractivity (Wildman–Crippen MR) is 190 cm³/mol. The van der Waals surface area contributed by atoms with E-state index in [4.69, 9.17) is 9.47 Å². The number of ether oxygens (including phenoxy) is 2. The maximum absolute atomic E-state index is 14.4. The normalized spacial score (nSPS) is 31.0. The number of allylic oxidation sites excluding steroid dienone is 1. The van der Waals surface area contributed by atoms with Crippen LogP contribution in [0, 0.1) is 23.7 Å². The van der Waals surface area contributed by atoms with Gasteiger partial charge in [-0.15, -0.1) is 0 Å². The summed E-state index contributed by atoms with van der Waals surface area (Å²) >= 11 is 0. The second-order valence-electron chi connectivity index (χ2n) is 15.4. The molecule has 0 bridgehead atoms. The van der Waals surface area contributed by atoms with Crippen LogP contribution < -0.4 is 24.8 Å². The standard InChI is InChI=1S/C37H47N5O9S/c1-21-7-3-4-8-24-17-37(24,35(45)41-52(48,49)26-13-14-26)40-32(43)29-16-25(19-42(29)34(44)31(22(2)15-21)39-36(46)47)51-33-28-10-6-5-9-27(28)30(18-38-33)50-20-23-11-12-23/h4-6,8-10,18,21-26,29,31,39H,3,7,11-17,19-20H2,1-2H3,(H,40,43)(H,41,45)(H,46,47)/t21-,22-,24-,25-,29+,31+,37-/m1/s1. The van der Waals surface area contributed by atoms with Crippen LogP contribution >= 0.6 is 0 Å². The number of benzene rings is 1. The van der Waals surface area contributed by atoms with Crippen molar-refractivity contribution in [3.8, 4) is 11.6 Å². The van der Waals surface area contributed by atoms with E-state index in [0.29, 0.717) is 55.2 Å². The van der Waals surface area contributed by atoms with Gasteiger partial charge in [0.25, 0.3) is 5.91 Å². The van der Waals surface area contributed by atoms with Crippen molar-refractivity contribution in [1.82, 2.24) is 25.2 Å². The summed E-state index contributed by atoms with van der Waals surface area (Å²) in [6.45, 7) is 4.41. The van der Waals surface area contributed by atoms with Crippen LogP contribution in [0.4, 0.5) is 4.79 Å². The minimum atomic E-state index is -3.90. The Hall–Kier alpha value is -4.40. The van der Waals surface area contributed by atoms with Crippen molar-refractivity contribution < 1.29 is 42.2 Å². The van der Waals surface area contributed by atoms with E-state index in [9.17, 15) is 32.7 Å². The Morgan fingerprint density at radius 3 is 2.54 bits per heavy atom. The minimum absolute atomic E-state index is 0.0245. The number of hydrogen-bond donors (Lipinski definition) is 4. The third kappa shape index (κ3) is 7.69. The van der Waals surface area contributed by atoms with Gasteiger partial charge < -0.3 is 30.1 Å². The van der Waals surface area contributed by atoms with Gasteiger partial charge in [0.15, 0.2) is 0 Å². The third-order valence-electron chi connectivity index (χ3n) is 11.1. The Labute approximate surface area is 303 Å². The molecule has 2 aliphatic heterocycles. The van der Waals surface area contributed by atoms with Crippen molar-refractivity contribution in [1.29, 1.82) is 0 Å². The first-order chi connectivity index (χ1) is 24.8. The van der Waals surface area contributed by atoms with Crippen molar-refractivity contribution in [2.24, 2.45) is 23.7 Å². The van der Waals surface area contributed by atoms with E-state index in [2.05, 4.69) is 20.3 Å². The molecule has 0 spiro atoms. The quantitative estimate of drug-likeness (QED) is 0.277. The molecule has 7 atom stereocenters. The Morgan fingerprint density at radius 2 is 1.83 bits per heavy atom. The minimum Gasteiger partial charge on any atom is -0.491 e. The smallest absolute Gasteiger partial charge is 0.405 e. The lowest BCUT2D eigenvalue weighted by Crippen LogP contribution is -2.59. The molecule has 0 radical (unpaired) electrons. The highest BCUT2D eigenvalue weighted by atomic mass is 32.2. The molecule has 1 aromatic heterocycles. The lowest BCUT2D eigenvalue weighted by Gasteiger charge is -2.32. The molecule has 2 aromatic rings. The summed E-state index contributed by atoms with van der Waals surface area (Å²) < 4.78 is 40.3. The number of carboxylic acid groups (broad SMARTS) is 1. The van der Waals surface area contributed by atoms with Gasteiger partial charge in [-0.05, 0) is 75.2 Å². The van der Waals surface area contributed by atoms with Crippen LogP contribution in [0.15, 0.2) is 42.6 Å². The lowest BCUT2D eigenvalue weighted by molar-refractivity contribution is -0.142. The summed E-state index contributed by atoms with van der Waals surface area (Å²) in [5, 5.41) is 15.9. The number of fused-ring (bicyclic) bond motifs is 3. The fourth-order valence-electron chi connectivity index (χ4n) is 7.63. The van der Waals surface area contributed by atoms with E-state index in [1.165, 1.54) is 4.90 Å². The zero-order valence-corrected chi connectivity index (χ0v) is 30.3. The molecule has 4 N–H and O–H groups in total. The molecular weight excluding hydrogens is 691 g/mol. The van der Waals surface area contributed by atoms with E-state index in [-0.39, 0.29) is 25.3 Å². The van der Waals surface area contributed by atoms with Crippen LogP contribution in [0.5, 0.6) is 11.6 Å². The highest BCUT2D eigenvalue weighted by Gasteiger charge is 2.62. The summed E-state index contributed by atoms with van der Waals surface area (Å²) in [5.41, 5.74) is -1.52. The van der Waals surface area contributed by atoms with Crippen LogP contribution in [-0.2, 0) is 24.4 Å². The Morgan fingerprint density at radius 1 is 1.08 bits per heavy atom. The van der Waals surface area contributed by atoms with Gasteiger partial charge in [0.05, 0.1) is 24.6 Å². The molecule has 1 saturated heterocycles. The first-order valence-electron chi connectivity index (χ1n) is 18.4. The second-order valence-corrected chi connectivity index (χ2v) is 17.4. The number of amides is 4. The van der Waals surface area contributed by atoms with Gasteiger partial charge >= 0.3 is 6.09 Å². The summed E-state index contributed by atoms with van der Waals surface area (Å²) in [5.74, 6) is -1.27. The van der Waals surface area contributed by atoms with Gasteiger partial charge in [-0.1, -0.05) is 44.2 Å². The molecule has 4 fully saturated rings. The zero-order valence-electron chi connectivity index (χ0n) is 29.5. The zero-order chi connectivity index (χ0) is 36.8. The van der Waals surface area contributed by atoms with E-state index >= 15 is 0 Å². The summed E-state index contributed by atoms with van der Waals surface area (Å²) in [6.07, 6.45) is 8.71. The van der Waals surface area contributed by atoms with Crippen molar-refractivity contribution in [2.45, 2.75) is 101 Å². The molecule has 3 saturated carbocycles. The number of nitrogens with one attached hydrogen (secondary N) is 3. The van der Waals surface area contributed by atoms with E-state index in [1.807, 2.05) is 50.3 Å². The molecule has 7 rings (SSSR count). The molecule has 15 heteroatoms. The number of aromatic nitrogens is 1. The molecule has 0 unspecified atom stereocenters. The van der Waals surface area contributed by atoms with Crippen molar-refractivity contribution in [2.75, 3.05) is 13.2 Å². The number of carbonyl (C=O) groups excluding carboxylic acids is 3. The molecule has 52 heavy (non-hydrogen) atoms. The maximum Gasteiger partial charge on any atom is 0.405 e. The van der Waals surface area contributed by atoms with Crippen LogP contribution in [0.25, 0.3) is 10.8 Å². The Kier molecular flexibility index (Phi) is 9.83. The largest absolute Gasteiger partial charge is 0.491 e. The molecule has 280 valence electrons. The van der Waals surface area contributed by atoms with Gasteiger partial charge in [0.2, 0.25) is 27.7 Å². The number of hydrogen-bond acceptors (Lipinski definition) is 9. The monoisotopic (exact) mass is 737 g/mol. The SMILES string of the molecule is C[C@@H]1CCC=C[C@@H]2C[C@@]2(C(=O)NS(=O)(=O)C2CC2)NC(=O)[C@@H]2C[C@@H](Oc3ncc(OCC4CC4)c4ccccc34)CN2C(=O)[C@@H](NC(=O)O)[C@H](C)C1. The molecule has 1 aromatic carbocycles. The molecular formula is C37H47N5O9S. The van der Waals surface area contributed by atoms with Crippen LogP contribution in [0.2, 0.25) is 0 Å². The molecule has 4 amide bonds. The first-order valence-corrected chi connectivity index (χ1v) is 19.9. The number of sulfonamides is 1. The van der Waals surface area contributed by atoms with Gasteiger partial charge in [-0.25, -0.2) is 18.2 Å². The second kappa shape index (κ2) is 14.2. The average Bonchev–Trinajstić information content (AvgIpc) is 4.00. The van der Waals surface area contributed by atoms with Crippen LogP contribution in [-0.4, -0.2) is 89.4 Å². The van der Waals surface area contributed by atoms with E-state index in [1.54, 1.807) is 6.20 Å². The van der Waals surface area contributed by atoms with E-state index < -0.39 is 74.7 Å². The van der Waals surface area contributed by atoms with Crippen molar-refractivity contribution in [3.05, 3.63) is 42.6 Å². The van der Waals surface area contributed by atoms with Crippen molar-refractivity contribution >= 4 is 44.6 Å². The predicted octanol–water partition coefficient (Wildman–Crippen LogP) is 3.50. The lowest BCUT2D eigenvalue weighted by atomic mass is 9.88. The van der Waals surface area contributed by atoms with Crippen LogP contribution in [0.3, 0.4) is 0 Å². The molecule has 5 aliphatic rings. The molecule has 3 heterocycles. The van der Waals surface area contributed by atoms with Crippen molar-refractivity contribution in [3.63, 3.8) is 0 Å². The van der Waals surface area contributed by atoms with Gasteiger partial charge in [0.1, 0.15) is 29.5 Å². The topological polar surface area (TPSA) is 193 Å². The van der Waals surface area contributed by atoms with Gasteiger partial charge in [-0.3, -0.25) is 19.1 Å². The highest BCUT2D eigenvalue weighted by molar-refractivity contribution is 7.91. The number of rotatable bonds is 9. The van der Waals surface area contributed by atoms with Crippen LogP contribution in [0.1, 0.15) is 71.6 Å². The third-order valence-corrected chi connectivity index (χ3v) is 12.9. The fraction of sp³-hybridized carbons (Fsp3) is 0.595. The van der Waals surface area contributed by atoms with E-state index in [0.717, 1.165) is 24.6 Å². The highest BCUT2D eigenvalue weighted by Crippen LogP contribution is 2.46. The number of pyridine rings is 1. The summed E-state index contributed by atoms with van der Waals surface area (Å²) in [6, 6.07) is 5.24. The van der Waals surface area contributed by atoms with Gasteiger partial charge in [-0.2, -0.15) is 0 Å². The summed E-state index contributed by atoms with van der Waals surface area (Å²) in [4.78, 5) is 60.3. The maximum atomic E-state index is 14.4. The molecule has 3 aliphatic carbocycles. The first kappa shape index (κ1) is 36.0. The number of nitrogens with zero attached hydrogens (tertiary/aromatic N) is 2. The number of carbonyl (C=O) groups is 4. The fourth-order valence-corrected chi connectivity index (χ4v) is 8.99. The average molecular weight is 738 g/mol.